The van der Waals surface area contributed by atoms with E-state index >= 15 is 0 Å². The number of rotatable bonds is 0. The molecular weight excluding hydrogens is 308 g/mol. The van der Waals surface area contributed by atoms with Crippen LogP contribution in [0.15, 0.2) is 0 Å². The van der Waals surface area contributed by atoms with Gasteiger partial charge in [-0.25, -0.2) is 9.97 Å². The first-order valence-corrected chi connectivity index (χ1v) is 6.07. The van der Waals surface area contributed by atoms with Gasteiger partial charge in [0.25, 0.3) is 0 Å². The van der Waals surface area contributed by atoms with Crippen molar-refractivity contribution in [2.24, 2.45) is 0 Å². The minimum absolute atomic E-state index is 0.992. The molecule has 2 nitrogen and oxygen atoms in total. The summed E-state index contributed by atoms with van der Waals surface area (Å²) < 4.78 is 2.32. The third-order valence-electron chi connectivity index (χ3n) is 2.38. The van der Waals surface area contributed by atoms with Crippen molar-refractivity contribution >= 4 is 40.8 Å². The summed E-state index contributed by atoms with van der Waals surface area (Å²) >= 11 is 7.11. The molecule has 0 spiro atoms. The molecule has 2 rings (SSSR count). The lowest BCUT2D eigenvalue weighted by atomic mass is 10.2. The van der Waals surface area contributed by atoms with Crippen LogP contribution in [0.4, 0.5) is 0 Å². The Balaban J connectivity index is 2.95. The average molecular weight is 318 g/mol. The fraction of sp³-hybridized carbons (Fsp3) is 0.400. The Bertz CT molecular complexity index is 459. The van der Waals surface area contributed by atoms with Crippen LogP contribution < -0.4 is 10.7 Å². The third-order valence-corrected chi connectivity index (χ3v) is 3.93. The monoisotopic (exact) mass is 316 g/mol. The van der Waals surface area contributed by atoms with E-state index in [-0.39, 0.29) is 0 Å². The van der Waals surface area contributed by atoms with E-state index in [4.69, 9.17) is 0 Å². The molecule has 0 aliphatic heterocycles. The fourth-order valence-electron chi connectivity index (χ4n) is 1.44. The van der Waals surface area contributed by atoms with Gasteiger partial charge in [-0.15, -0.1) is 0 Å². The summed E-state index contributed by atoms with van der Waals surface area (Å²) in [6.45, 7) is 3.98. The molecule has 0 aromatic carbocycles. The Kier molecular flexibility index (Phi) is 2.75. The van der Waals surface area contributed by atoms with Gasteiger partial charge in [-0.05, 0) is 26.7 Å². The van der Waals surface area contributed by atoms with Crippen molar-refractivity contribution in [3.63, 3.8) is 0 Å². The third kappa shape index (κ3) is 1.65. The number of hydrogen-bond acceptors (Lipinski definition) is 2. The lowest BCUT2D eigenvalue weighted by molar-refractivity contribution is 0.945. The number of aryl methyl sites for hydroxylation is 2. The van der Waals surface area contributed by atoms with Crippen LogP contribution in [0.5, 0.6) is 0 Å². The normalized spacial score (nSPS) is 15.7. The van der Waals surface area contributed by atoms with E-state index in [0.29, 0.717) is 0 Å². The highest BCUT2D eigenvalue weighted by Gasteiger charge is 2.10. The molecule has 14 heavy (non-hydrogen) atoms. The molecular formula is C10H10Br2N2. The first-order valence-electron chi connectivity index (χ1n) is 4.48. The maximum absolute atomic E-state index is 4.55. The smallest absolute Gasteiger partial charge is 0.0999 e. The number of nitrogens with zero attached hydrogens (tertiary/aromatic N) is 2. The second-order valence-corrected chi connectivity index (χ2v) is 5.32. The molecule has 4 heteroatoms. The molecule has 1 aliphatic rings. The van der Waals surface area contributed by atoms with Gasteiger partial charge < -0.3 is 0 Å². The summed E-state index contributed by atoms with van der Waals surface area (Å²) in [5, 5.41) is 1.98. The van der Waals surface area contributed by atoms with Crippen LogP contribution in [0.25, 0.3) is 8.96 Å². The van der Waals surface area contributed by atoms with Crippen LogP contribution in [0.1, 0.15) is 24.2 Å². The summed E-state index contributed by atoms with van der Waals surface area (Å²) in [4.78, 5) is 9.09. The van der Waals surface area contributed by atoms with Crippen LogP contribution in [0.2, 0.25) is 0 Å². The molecule has 0 radical (unpaired) electrons. The van der Waals surface area contributed by atoms with E-state index in [2.05, 4.69) is 41.8 Å². The predicted molar refractivity (Wildman–Crippen MR) is 64.7 cm³/mol. The van der Waals surface area contributed by atoms with Gasteiger partial charge in [0.1, 0.15) is 0 Å². The summed E-state index contributed by atoms with van der Waals surface area (Å²) in [5.41, 5.74) is 2.01. The van der Waals surface area contributed by atoms with Gasteiger partial charge in [0.15, 0.2) is 0 Å². The minimum atomic E-state index is 0.992. The highest BCUT2D eigenvalue weighted by Crippen LogP contribution is 2.22. The highest BCUT2D eigenvalue weighted by atomic mass is 79.9. The Hall–Kier alpha value is -0.220. The maximum Gasteiger partial charge on any atom is 0.0999 e. The van der Waals surface area contributed by atoms with Crippen LogP contribution >= 0.6 is 31.9 Å². The van der Waals surface area contributed by atoms with Gasteiger partial charge in [-0.3, -0.25) is 0 Å². The molecule has 0 atom stereocenters. The van der Waals surface area contributed by atoms with Crippen molar-refractivity contribution in [1.29, 1.82) is 0 Å². The first kappa shape index (κ1) is 10.3. The van der Waals surface area contributed by atoms with Crippen molar-refractivity contribution in [1.82, 2.24) is 9.97 Å². The Morgan fingerprint density at radius 3 is 1.57 bits per heavy atom. The molecule has 0 unspecified atom stereocenters. The number of aromatic nitrogens is 2. The largest absolute Gasteiger partial charge is 0.249 e. The van der Waals surface area contributed by atoms with E-state index in [1.807, 2.05) is 13.8 Å². The van der Waals surface area contributed by atoms with Gasteiger partial charge >= 0.3 is 0 Å². The van der Waals surface area contributed by atoms with Crippen molar-refractivity contribution in [3.8, 4) is 0 Å². The average Bonchev–Trinajstić information content (AvgIpc) is 2.15. The quantitative estimate of drug-likeness (QED) is 0.730. The van der Waals surface area contributed by atoms with Gasteiger partial charge in [-0.2, -0.15) is 0 Å². The molecule has 1 heterocycles. The van der Waals surface area contributed by atoms with Gasteiger partial charge in [0.2, 0.25) is 0 Å². The summed E-state index contributed by atoms with van der Waals surface area (Å²) in [5.74, 6) is 0. The molecule has 1 aromatic heterocycles. The molecule has 1 aromatic rings. The van der Waals surface area contributed by atoms with E-state index < -0.39 is 0 Å². The molecule has 0 fully saturated rings. The molecule has 1 aliphatic carbocycles. The van der Waals surface area contributed by atoms with Gasteiger partial charge in [-0.1, -0.05) is 31.9 Å². The molecule has 0 amide bonds. The van der Waals surface area contributed by atoms with Crippen LogP contribution in [0, 0.1) is 13.8 Å². The van der Waals surface area contributed by atoms with E-state index in [1.165, 1.54) is 0 Å². The Morgan fingerprint density at radius 1 is 0.857 bits per heavy atom. The van der Waals surface area contributed by atoms with Gasteiger partial charge in [0.05, 0.1) is 22.1 Å². The number of hydrogen-bond donors (Lipinski definition) is 0. The van der Waals surface area contributed by atoms with Crippen molar-refractivity contribution < 1.29 is 0 Å². The molecule has 0 N–H and O–H groups in total. The van der Waals surface area contributed by atoms with Crippen LogP contribution in [0.3, 0.4) is 0 Å². The second kappa shape index (κ2) is 3.74. The summed E-state index contributed by atoms with van der Waals surface area (Å²) in [6, 6.07) is 0. The lowest BCUT2D eigenvalue weighted by Gasteiger charge is -2.08. The predicted octanol–water partition coefficient (Wildman–Crippen LogP) is 1.89. The van der Waals surface area contributed by atoms with E-state index in [9.17, 15) is 0 Å². The molecule has 0 saturated heterocycles. The first-order chi connectivity index (χ1) is 6.59. The van der Waals surface area contributed by atoms with Crippen molar-refractivity contribution in [2.75, 3.05) is 0 Å². The zero-order valence-corrected chi connectivity index (χ0v) is 11.2. The lowest BCUT2D eigenvalue weighted by Crippen LogP contribution is -2.37. The summed E-state index contributed by atoms with van der Waals surface area (Å²) in [7, 11) is 0. The minimum Gasteiger partial charge on any atom is -0.249 e. The SMILES string of the molecule is Cc1nc2c(nc1C)=C(Br)CCC=2Br. The highest BCUT2D eigenvalue weighted by molar-refractivity contribution is 9.15. The molecule has 74 valence electrons. The number of fused-ring (bicyclic) bond motifs is 1. The molecule has 0 bridgehead atoms. The van der Waals surface area contributed by atoms with Crippen LogP contribution in [-0.4, -0.2) is 9.97 Å². The number of halogens is 2. The second-order valence-electron chi connectivity index (χ2n) is 3.40. The van der Waals surface area contributed by atoms with Crippen molar-refractivity contribution in [3.05, 3.63) is 22.1 Å². The maximum atomic E-state index is 4.55. The van der Waals surface area contributed by atoms with Crippen LogP contribution in [-0.2, 0) is 0 Å². The summed E-state index contributed by atoms with van der Waals surface area (Å²) in [6.07, 6.45) is 2.01. The zero-order valence-electron chi connectivity index (χ0n) is 8.06. The van der Waals surface area contributed by atoms with E-state index in [1.54, 1.807) is 0 Å². The zero-order chi connectivity index (χ0) is 10.3. The Morgan fingerprint density at radius 2 is 1.21 bits per heavy atom. The van der Waals surface area contributed by atoms with Gasteiger partial charge in [0, 0.05) is 8.96 Å². The topological polar surface area (TPSA) is 25.8 Å². The standard InChI is InChI=1S/C10H10Br2N2/c1-5-6(2)14-10-8(12)4-3-7(11)9(10)13-5/h3-4H2,1-2H3. The van der Waals surface area contributed by atoms with E-state index in [0.717, 1.165) is 43.9 Å². The van der Waals surface area contributed by atoms with Crippen molar-refractivity contribution in [2.45, 2.75) is 26.7 Å². The molecule has 0 saturated carbocycles. The Labute approximate surface area is 99.4 Å². The fourth-order valence-corrected chi connectivity index (χ4v) is 2.39.